The molecule has 0 spiro atoms. The van der Waals surface area contributed by atoms with Crippen LogP contribution in [-0.4, -0.2) is 37.8 Å². The molecule has 0 fully saturated rings. The van der Waals surface area contributed by atoms with Crippen molar-refractivity contribution in [2.45, 2.75) is 32.9 Å². The molecule has 114 valence electrons. The van der Waals surface area contributed by atoms with Crippen LogP contribution in [0.3, 0.4) is 0 Å². The number of hydrogen-bond acceptors (Lipinski definition) is 6. The van der Waals surface area contributed by atoms with Crippen LogP contribution < -0.4 is 11.1 Å². The first kappa shape index (κ1) is 15.3. The minimum Gasteiger partial charge on any atom is -0.444 e. The minimum absolute atomic E-state index is 0.0781. The normalized spacial score (nSPS) is 11.6. The molecule has 1 amide bonds. The van der Waals surface area contributed by atoms with Gasteiger partial charge in [0.05, 0.1) is 6.33 Å². The number of anilines is 1. The third-order valence-electron chi connectivity index (χ3n) is 2.46. The number of nitrogens with one attached hydrogen (secondary N) is 1. The maximum Gasteiger partial charge on any atom is 0.407 e. The van der Waals surface area contributed by atoms with E-state index in [2.05, 4.69) is 20.3 Å². The van der Waals surface area contributed by atoms with E-state index in [1.54, 1.807) is 31.7 Å². The molecule has 0 unspecified atom stereocenters. The first-order valence-electron chi connectivity index (χ1n) is 6.37. The van der Waals surface area contributed by atoms with Crippen molar-refractivity contribution in [1.29, 1.82) is 0 Å². The van der Waals surface area contributed by atoms with Crippen molar-refractivity contribution < 1.29 is 9.53 Å². The summed E-state index contributed by atoms with van der Waals surface area (Å²) in [5.74, 6) is 0.0781. The molecule has 0 radical (unpaired) electrons. The first-order chi connectivity index (χ1) is 9.76. The Balaban J connectivity index is 2.00. The Morgan fingerprint density at radius 1 is 1.48 bits per heavy atom. The lowest BCUT2D eigenvalue weighted by Crippen LogP contribution is -2.34. The van der Waals surface area contributed by atoms with Crippen LogP contribution in [0.4, 0.5) is 10.7 Å². The second kappa shape index (κ2) is 5.72. The maximum absolute atomic E-state index is 11.5. The van der Waals surface area contributed by atoms with Crippen LogP contribution >= 0.6 is 11.6 Å². The summed E-state index contributed by atoms with van der Waals surface area (Å²) in [6, 6.07) is 0. The van der Waals surface area contributed by atoms with Crippen molar-refractivity contribution in [3.63, 3.8) is 0 Å². The second-order valence-corrected chi connectivity index (χ2v) is 5.77. The average molecular weight is 313 g/mol. The van der Waals surface area contributed by atoms with Crippen LogP contribution in [-0.2, 0) is 11.3 Å². The number of nitrogen functional groups attached to an aromatic ring is 1. The van der Waals surface area contributed by atoms with Crippen molar-refractivity contribution in [1.82, 2.24) is 24.8 Å². The molecule has 2 aromatic rings. The average Bonchev–Trinajstić information content (AvgIpc) is 2.70. The number of hydrogen-bond donors (Lipinski definition) is 2. The third kappa shape index (κ3) is 3.94. The van der Waals surface area contributed by atoms with E-state index in [9.17, 15) is 4.79 Å². The van der Waals surface area contributed by atoms with Crippen molar-refractivity contribution >= 4 is 34.8 Å². The van der Waals surface area contributed by atoms with Crippen molar-refractivity contribution in [2.24, 2.45) is 0 Å². The summed E-state index contributed by atoms with van der Waals surface area (Å²) in [4.78, 5) is 23.6. The van der Waals surface area contributed by atoms with Crippen LogP contribution in [0.2, 0.25) is 5.15 Å². The summed E-state index contributed by atoms with van der Waals surface area (Å²) in [6.07, 6.45) is 1.10. The molecule has 21 heavy (non-hydrogen) atoms. The van der Waals surface area contributed by atoms with Crippen LogP contribution in [0.15, 0.2) is 6.33 Å². The second-order valence-electron chi connectivity index (χ2n) is 5.41. The van der Waals surface area contributed by atoms with Gasteiger partial charge in [0.15, 0.2) is 10.8 Å². The number of ether oxygens (including phenoxy) is 1. The van der Waals surface area contributed by atoms with Gasteiger partial charge in [-0.25, -0.2) is 9.78 Å². The Bertz CT molecular complexity index is 664. The number of carbonyl (C=O) groups is 1. The molecule has 3 N–H and O–H groups in total. The van der Waals surface area contributed by atoms with Crippen LogP contribution in [0.5, 0.6) is 0 Å². The molecule has 0 aliphatic rings. The van der Waals surface area contributed by atoms with Crippen LogP contribution in [0, 0.1) is 0 Å². The van der Waals surface area contributed by atoms with Gasteiger partial charge in [-0.1, -0.05) is 11.6 Å². The Morgan fingerprint density at radius 3 is 2.86 bits per heavy atom. The van der Waals surface area contributed by atoms with Gasteiger partial charge in [-0.05, 0) is 20.8 Å². The topological polar surface area (TPSA) is 108 Å². The number of aromatic nitrogens is 4. The molecule has 0 saturated carbocycles. The molecule has 0 aliphatic heterocycles. The van der Waals surface area contributed by atoms with E-state index in [4.69, 9.17) is 22.1 Å². The lowest BCUT2D eigenvalue weighted by atomic mass is 10.2. The molecule has 9 heteroatoms. The van der Waals surface area contributed by atoms with E-state index in [1.807, 2.05) is 0 Å². The third-order valence-corrected chi connectivity index (χ3v) is 2.72. The zero-order valence-corrected chi connectivity index (χ0v) is 12.8. The SMILES string of the molecule is CC(C)(C)OC(=O)NCCn1cnc2c(Cl)nc(N)nc21. The van der Waals surface area contributed by atoms with Gasteiger partial charge in [-0.2, -0.15) is 9.97 Å². The van der Waals surface area contributed by atoms with Gasteiger partial charge >= 0.3 is 6.09 Å². The molecular weight excluding hydrogens is 296 g/mol. The quantitative estimate of drug-likeness (QED) is 0.833. The van der Waals surface area contributed by atoms with Gasteiger partial charge in [0.2, 0.25) is 5.95 Å². The largest absolute Gasteiger partial charge is 0.444 e. The van der Waals surface area contributed by atoms with Crippen LogP contribution in [0.25, 0.3) is 11.2 Å². The first-order valence-corrected chi connectivity index (χ1v) is 6.75. The smallest absolute Gasteiger partial charge is 0.407 e. The van der Waals surface area contributed by atoms with Crippen molar-refractivity contribution in [2.75, 3.05) is 12.3 Å². The van der Waals surface area contributed by atoms with Gasteiger partial charge in [-0.3, -0.25) is 0 Å². The van der Waals surface area contributed by atoms with Gasteiger partial charge in [0.1, 0.15) is 11.1 Å². The fraction of sp³-hybridized carbons (Fsp3) is 0.500. The Labute approximate surface area is 126 Å². The van der Waals surface area contributed by atoms with Gasteiger partial charge in [0.25, 0.3) is 0 Å². The number of amides is 1. The molecule has 0 saturated heterocycles. The maximum atomic E-state index is 11.5. The Morgan fingerprint density at radius 2 is 2.19 bits per heavy atom. The van der Waals surface area contributed by atoms with E-state index >= 15 is 0 Å². The number of imidazole rings is 1. The van der Waals surface area contributed by atoms with Gasteiger partial charge < -0.3 is 20.4 Å². The zero-order chi connectivity index (χ0) is 15.6. The van der Waals surface area contributed by atoms with E-state index in [0.717, 1.165) is 0 Å². The van der Waals surface area contributed by atoms with Crippen LogP contribution in [0.1, 0.15) is 20.8 Å². The van der Waals surface area contributed by atoms with E-state index < -0.39 is 11.7 Å². The number of rotatable bonds is 3. The minimum atomic E-state index is -0.527. The number of nitrogens with two attached hydrogens (primary N) is 1. The summed E-state index contributed by atoms with van der Waals surface area (Å²) in [5.41, 5.74) is 6.04. The molecule has 2 aromatic heterocycles. The number of fused-ring (bicyclic) bond motifs is 1. The van der Waals surface area contributed by atoms with E-state index in [1.165, 1.54) is 0 Å². The Kier molecular flexibility index (Phi) is 4.17. The lowest BCUT2D eigenvalue weighted by Gasteiger charge is -2.19. The van der Waals surface area contributed by atoms with Crippen molar-refractivity contribution in [3.05, 3.63) is 11.5 Å². The highest BCUT2D eigenvalue weighted by Gasteiger charge is 2.16. The molecule has 0 atom stereocenters. The highest BCUT2D eigenvalue weighted by atomic mass is 35.5. The predicted molar refractivity (Wildman–Crippen MR) is 79.0 cm³/mol. The van der Waals surface area contributed by atoms with Crippen molar-refractivity contribution in [3.8, 4) is 0 Å². The molecule has 2 rings (SSSR count). The number of nitrogens with zero attached hydrogens (tertiary/aromatic N) is 4. The fourth-order valence-corrected chi connectivity index (χ4v) is 1.90. The van der Waals surface area contributed by atoms with Gasteiger partial charge in [0, 0.05) is 13.1 Å². The number of halogens is 1. The highest BCUT2D eigenvalue weighted by molar-refractivity contribution is 6.33. The molecule has 8 nitrogen and oxygen atoms in total. The highest BCUT2D eigenvalue weighted by Crippen LogP contribution is 2.19. The Hall–Kier alpha value is -2.09. The molecule has 0 bridgehead atoms. The monoisotopic (exact) mass is 312 g/mol. The summed E-state index contributed by atoms with van der Waals surface area (Å²) in [5, 5.41) is 2.86. The molecule has 2 heterocycles. The van der Waals surface area contributed by atoms with E-state index in [-0.39, 0.29) is 11.1 Å². The molecular formula is C12H17ClN6O2. The summed E-state index contributed by atoms with van der Waals surface area (Å²) < 4.78 is 6.87. The summed E-state index contributed by atoms with van der Waals surface area (Å²) in [6.45, 7) is 6.23. The predicted octanol–water partition coefficient (Wildman–Crippen LogP) is 1.59. The fourth-order valence-electron chi connectivity index (χ4n) is 1.68. The number of carbonyl (C=O) groups excluding carboxylic acids is 1. The van der Waals surface area contributed by atoms with E-state index in [0.29, 0.717) is 24.3 Å². The number of alkyl carbamates (subject to hydrolysis) is 1. The standard InChI is InChI=1S/C12H17ClN6O2/c1-12(2,3)21-11(20)15-4-5-19-6-16-7-8(13)17-10(14)18-9(7)19/h6H,4-5H2,1-3H3,(H,15,20)(H2,14,17,18). The lowest BCUT2D eigenvalue weighted by molar-refractivity contribution is 0.0526. The zero-order valence-electron chi connectivity index (χ0n) is 12.1. The summed E-state index contributed by atoms with van der Waals surface area (Å²) in [7, 11) is 0. The summed E-state index contributed by atoms with van der Waals surface area (Å²) >= 11 is 5.94. The van der Waals surface area contributed by atoms with Gasteiger partial charge in [-0.15, -0.1) is 0 Å². The molecule has 0 aromatic carbocycles. The molecule has 0 aliphatic carbocycles.